The molecule has 0 aromatic heterocycles. The Morgan fingerprint density at radius 1 is 1.45 bits per heavy atom. The molecule has 1 aliphatic heterocycles. The number of nitro groups is 1. The maximum Gasteiger partial charge on any atom is 0.308 e. The zero-order valence-corrected chi connectivity index (χ0v) is 12.7. The van der Waals surface area contributed by atoms with Gasteiger partial charge in [0, 0.05) is 24.7 Å². The van der Waals surface area contributed by atoms with Crippen LogP contribution in [0.1, 0.15) is 19.8 Å². The molecule has 0 bridgehead atoms. The minimum absolute atomic E-state index is 0.195. The average Bonchev–Trinajstić information content (AvgIpc) is 2.47. The lowest BCUT2D eigenvalue weighted by atomic mass is 9.92. The quantitative estimate of drug-likeness (QED) is 0.660. The number of nitro benzene ring substituents is 1. The summed E-state index contributed by atoms with van der Waals surface area (Å²) in [6.07, 6.45) is 0.854. The third-order valence-corrected chi connectivity index (χ3v) is 5.86. The van der Waals surface area contributed by atoms with Gasteiger partial charge in [-0.1, -0.05) is 6.07 Å². The lowest BCUT2D eigenvalue weighted by Crippen LogP contribution is -2.48. The van der Waals surface area contributed by atoms with Crippen molar-refractivity contribution in [1.82, 2.24) is 4.31 Å². The van der Waals surface area contributed by atoms with Crippen LogP contribution in [0.3, 0.4) is 0 Å². The first kappa shape index (κ1) is 16.4. The molecule has 0 aliphatic carbocycles. The molecule has 0 amide bonds. The second-order valence-corrected chi connectivity index (χ2v) is 7.09. The lowest BCUT2D eigenvalue weighted by Gasteiger charge is -2.36. The zero-order chi connectivity index (χ0) is 16.5. The Hall–Kier alpha value is -2.00. The molecule has 22 heavy (non-hydrogen) atoms. The van der Waals surface area contributed by atoms with Crippen LogP contribution in [0.5, 0.6) is 0 Å². The number of piperidine rings is 1. The Balaban J connectivity index is 2.39. The second-order valence-electron chi connectivity index (χ2n) is 5.20. The summed E-state index contributed by atoms with van der Waals surface area (Å²) in [7, 11) is -3.97. The summed E-state index contributed by atoms with van der Waals surface area (Å²) in [5, 5.41) is 20.0. The molecule has 0 spiro atoms. The number of hydrogen-bond donors (Lipinski definition) is 1. The molecule has 1 aromatic carbocycles. The van der Waals surface area contributed by atoms with E-state index in [1.165, 1.54) is 18.2 Å². The van der Waals surface area contributed by atoms with E-state index in [1.807, 2.05) is 0 Å². The van der Waals surface area contributed by atoms with Crippen LogP contribution in [-0.2, 0) is 14.8 Å². The number of sulfonamides is 1. The Morgan fingerprint density at radius 3 is 2.73 bits per heavy atom. The monoisotopic (exact) mass is 328 g/mol. The minimum Gasteiger partial charge on any atom is -0.481 e. The highest BCUT2D eigenvalue weighted by molar-refractivity contribution is 7.89. The molecule has 0 radical (unpaired) electrons. The van der Waals surface area contributed by atoms with E-state index >= 15 is 0 Å². The second kappa shape index (κ2) is 6.01. The fraction of sp³-hybridized carbons (Fsp3) is 0.462. The predicted molar refractivity (Wildman–Crippen MR) is 76.8 cm³/mol. The molecule has 1 aliphatic rings. The number of carboxylic acid groups (broad SMARTS) is 1. The van der Waals surface area contributed by atoms with Gasteiger partial charge < -0.3 is 5.11 Å². The SMILES string of the molecule is C[C@@H]1[C@H](C(=O)O)CCCN1S(=O)(=O)c1cccc([N+](=O)[O-])c1. The molecular formula is C13H16N2O6S. The number of carbonyl (C=O) groups is 1. The molecule has 9 heteroatoms. The van der Waals surface area contributed by atoms with Crippen LogP contribution in [0.15, 0.2) is 29.2 Å². The van der Waals surface area contributed by atoms with Crippen molar-refractivity contribution in [2.75, 3.05) is 6.54 Å². The van der Waals surface area contributed by atoms with Gasteiger partial charge >= 0.3 is 5.97 Å². The van der Waals surface area contributed by atoms with E-state index in [9.17, 15) is 23.3 Å². The maximum absolute atomic E-state index is 12.7. The van der Waals surface area contributed by atoms with Crippen molar-refractivity contribution in [2.45, 2.75) is 30.7 Å². The Labute approximate surface area is 127 Å². The van der Waals surface area contributed by atoms with Gasteiger partial charge in [-0.3, -0.25) is 14.9 Å². The number of hydrogen-bond acceptors (Lipinski definition) is 5. The van der Waals surface area contributed by atoms with Crippen LogP contribution in [0.25, 0.3) is 0 Å². The lowest BCUT2D eigenvalue weighted by molar-refractivity contribution is -0.385. The first-order chi connectivity index (χ1) is 10.2. The van der Waals surface area contributed by atoms with Gasteiger partial charge in [-0.15, -0.1) is 0 Å². The van der Waals surface area contributed by atoms with E-state index in [-0.39, 0.29) is 17.1 Å². The number of benzene rings is 1. The highest BCUT2D eigenvalue weighted by Gasteiger charge is 2.39. The largest absolute Gasteiger partial charge is 0.481 e. The van der Waals surface area contributed by atoms with Crippen molar-refractivity contribution in [3.8, 4) is 0 Å². The van der Waals surface area contributed by atoms with Gasteiger partial charge in [0.05, 0.1) is 15.7 Å². The number of non-ortho nitro benzene ring substituents is 1. The summed E-state index contributed by atoms with van der Waals surface area (Å²) in [6.45, 7) is 1.75. The molecule has 120 valence electrons. The van der Waals surface area contributed by atoms with Crippen LogP contribution in [0, 0.1) is 16.0 Å². The number of aliphatic carboxylic acids is 1. The van der Waals surface area contributed by atoms with Crippen LogP contribution in [0.4, 0.5) is 5.69 Å². The highest BCUT2D eigenvalue weighted by Crippen LogP contribution is 2.30. The molecule has 2 rings (SSSR count). The molecule has 1 heterocycles. The summed E-state index contributed by atoms with van der Waals surface area (Å²) in [5.41, 5.74) is -0.319. The van der Waals surface area contributed by atoms with E-state index in [4.69, 9.17) is 5.11 Å². The van der Waals surface area contributed by atoms with Gasteiger partial charge in [0.1, 0.15) is 0 Å². The first-order valence-electron chi connectivity index (χ1n) is 6.74. The van der Waals surface area contributed by atoms with Gasteiger partial charge in [-0.2, -0.15) is 4.31 Å². The normalized spacial score (nSPS) is 23.1. The molecule has 0 saturated carbocycles. The van der Waals surface area contributed by atoms with E-state index < -0.39 is 32.9 Å². The summed E-state index contributed by atoms with van der Waals surface area (Å²) >= 11 is 0. The maximum atomic E-state index is 12.7. The number of rotatable bonds is 4. The van der Waals surface area contributed by atoms with Gasteiger partial charge in [0.15, 0.2) is 0 Å². The predicted octanol–water partition coefficient (Wildman–Crippen LogP) is 1.47. The molecule has 1 aromatic rings. The fourth-order valence-electron chi connectivity index (χ4n) is 2.67. The highest BCUT2D eigenvalue weighted by atomic mass is 32.2. The first-order valence-corrected chi connectivity index (χ1v) is 8.18. The minimum atomic E-state index is -3.97. The molecular weight excluding hydrogens is 312 g/mol. The van der Waals surface area contributed by atoms with Crippen molar-refractivity contribution in [2.24, 2.45) is 5.92 Å². The van der Waals surface area contributed by atoms with Gasteiger partial charge in [0.25, 0.3) is 5.69 Å². The van der Waals surface area contributed by atoms with Crippen molar-refractivity contribution < 1.29 is 23.2 Å². The van der Waals surface area contributed by atoms with Crippen LogP contribution < -0.4 is 0 Å². The van der Waals surface area contributed by atoms with Gasteiger partial charge in [0.2, 0.25) is 10.0 Å². The summed E-state index contributed by atoms with van der Waals surface area (Å²) in [4.78, 5) is 21.1. The molecule has 1 fully saturated rings. The molecule has 2 atom stereocenters. The van der Waals surface area contributed by atoms with E-state index in [2.05, 4.69) is 0 Å². The van der Waals surface area contributed by atoms with E-state index in [1.54, 1.807) is 6.92 Å². The smallest absolute Gasteiger partial charge is 0.308 e. The van der Waals surface area contributed by atoms with E-state index in [0.717, 1.165) is 10.4 Å². The number of nitrogens with zero attached hydrogens (tertiary/aromatic N) is 2. The van der Waals surface area contributed by atoms with Crippen molar-refractivity contribution in [1.29, 1.82) is 0 Å². The topological polar surface area (TPSA) is 118 Å². The summed E-state index contributed by atoms with van der Waals surface area (Å²) in [6, 6.07) is 4.08. The third-order valence-electron chi connectivity index (χ3n) is 3.88. The standard InChI is InChI=1S/C13H16N2O6S/c1-9-12(13(16)17)6-3-7-14(9)22(20,21)11-5-2-4-10(8-11)15(18)19/h2,4-5,8-9,12H,3,6-7H2,1H3,(H,16,17)/t9-,12-/m1/s1. The van der Waals surface area contributed by atoms with Crippen molar-refractivity contribution in [3.63, 3.8) is 0 Å². The number of carboxylic acids is 1. The van der Waals surface area contributed by atoms with E-state index in [0.29, 0.717) is 12.8 Å². The zero-order valence-electron chi connectivity index (χ0n) is 11.9. The van der Waals surface area contributed by atoms with Crippen LogP contribution in [0.2, 0.25) is 0 Å². The summed E-state index contributed by atoms with van der Waals surface area (Å²) < 4.78 is 26.4. The molecule has 0 unspecified atom stereocenters. The Morgan fingerprint density at radius 2 is 2.14 bits per heavy atom. The Bertz CT molecular complexity index is 702. The molecule has 1 N–H and O–H groups in total. The Kier molecular flexibility index (Phi) is 4.47. The molecule has 1 saturated heterocycles. The van der Waals surface area contributed by atoms with Gasteiger partial charge in [-0.25, -0.2) is 8.42 Å². The van der Waals surface area contributed by atoms with Crippen LogP contribution in [-0.4, -0.2) is 41.3 Å². The fourth-order valence-corrected chi connectivity index (χ4v) is 4.42. The van der Waals surface area contributed by atoms with Crippen molar-refractivity contribution in [3.05, 3.63) is 34.4 Å². The summed E-state index contributed by atoms with van der Waals surface area (Å²) in [5.74, 6) is -1.81. The van der Waals surface area contributed by atoms with Crippen molar-refractivity contribution >= 4 is 21.7 Å². The molecule has 8 nitrogen and oxygen atoms in total. The van der Waals surface area contributed by atoms with Gasteiger partial charge in [-0.05, 0) is 25.8 Å². The van der Waals surface area contributed by atoms with Crippen LogP contribution >= 0.6 is 0 Å². The average molecular weight is 328 g/mol. The third kappa shape index (κ3) is 2.95.